The quantitative estimate of drug-likeness (QED) is 0.745. The van der Waals surface area contributed by atoms with E-state index < -0.39 is 11.9 Å². The molecule has 0 saturated heterocycles. The number of carboxylic acids is 2. The SMILES string of the molecule is CC1=C(C(=O)Nc2ccccc2)SCCO1.O=C(O)CCC(=O)O. The van der Waals surface area contributed by atoms with E-state index in [9.17, 15) is 14.4 Å². The number of ether oxygens (including phenoxy) is 1. The Hall–Kier alpha value is -2.48. The summed E-state index contributed by atoms with van der Waals surface area (Å²) in [4.78, 5) is 31.9. The van der Waals surface area contributed by atoms with Crippen LogP contribution in [-0.4, -0.2) is 40.4 Å². The fraction of sp³-hybridized carbons (Fsp3) is 0.312. The van der Waals surface area contributed by atoms with E-state index in [2.05, 4.69) is 5.32 Å². The van der Waals surface area contributed by atoms with Gasteiger partial charge in [0.1, 0.15) is 10.7 Å². The second kappa shape index (κ2) is 10.3. The fourth-order valence-corrected chi connectivity index (χ4v) is 2.47. The van der Waals surface area contributed by atoms with E-state index in [1.807, 2.05) is 37.3 Å². The highest BCUT2D eigenvalue weighted by atomic mass is 32.2. The summed E-state index contributed by atoms with van der Waals surface area (Å²) in [6.45, 7) is 2.50. The van der Waals surface area contributed by atoms with Crippen molar-refractivity contribution in [2.45, 2.75) is 19.8 Å². The Morgan fingerprint density at radius 1 is 1.12 bits per heavy atom. The molecule has 0 spiro atoms. The van der Waals surface area contributed by atoms with E-state index in [4.69, 9.17) is 14.9 Å². The molecule has 0 saturated carbocycles. The molecule has 3 N–H and O–H groups in total. The number of anilines is 1. The summed E-state index contributed by atoms with van der Waals surface area (Å²) in [5.41, 5.74) is 0.805. The van der Waals surface area contributed by atoms with Gasteiger partial charge in [-0.2, -0.15) is 0 Å². The summed E-state index contributed by atoms with van der Waals surface area (Å²) in [6, 6.07) is 9.42. The highest BCUT2D eigenvalue weighted by Crippen LogP contribution is 2.26. The summed E-state index contributed by atoms with van der Waals surface area (Å²) in [7, 11) is 0. The van der Waals surface area contributed by atoms with Gasteiger partial charge in [-0.15, -0.1) is 11.8 Å². The first-order valence-corrected chi connectivity index (χ1v) is 8.15. The van der Waals surface area contributed by atoms with Gasteiger partial charge in [-0.3, -0.25) is 14.4 Å². The smallest absolute Gasteiger partial charge is 0.303 e. The molecule has 1 heterocycles. The van der Waals surface area contributed by atoms with Gasteiger partial charge in [0.15, 0.2) is 0 Å². The van der Waals surface area contributed by atoms with Gasteiger partial charge in [0, 0.05) is 11.4 Å². The number of thioether (sulfide) groups is 1. The second-order valence-corrected chi connectivity index (χ2v) is 5.80. The van der Waals surface area contributed by atoms with E-state index >= 15 is 0 Å². The molecule has 0 aliphatic carbocycles. The normalized spacial score (nSPS) is 13.2. The molecule has 0 aromatic heterocycles. The van der Waals surface area contributed by atoms with Crippen LogP contribution in [0.2, 0.25) is 0 Å². The third-order valence-corrected chi connectivity index (χ3v) is 3.89. The number of hydrogen-bond acceptors (Lipinski definition) is 5. The van der Waals surface area contributed by atoms with E-state index in [0.717, 1.165) is 11.4 Å². The molecule has 1 aliphatic rings. The van der Waals surface area contributed by atoms with Crippen molar-refractivity contribution in [3.05, 3.63) is 41.0 Å². The molecule has 0 atom stereocenters. The molecule has 8 heteroatoms. The van der Waals surface area contributed by atoms with Crippen molar-refractivity contribution < 1.29 is 29.3 Å². The number of amides is 1. The Kier molecular flexibility index (Phi) is 8.42. The number of allylic oxidation sites excluding steroid dienone is 1. The van der Waals surface area contributed by atoms with E-state index in [1.54, 1.807) is 11.8 Å². The predicted molar refractivity (Wildman–Crippen MR) is 90.7 cm³/mol. The summed E-state index contributed by atoms with van der Waals surface area (Å²) < 4.78 is 5.35. The first-order chi connectivity index (χ1) is 11.4. The number of hydrogen-bond donors (Lipinski definition) is 3. The van der Waals surface area contributed by atoms with Crippen LogP contribution >= 0.6 is 11.8 Å². The lowest BCUT2D eigenvalue weighted by Crippen LogP contribution is -2.18. The van der Waals surface area contributed by atoms with Gasteiger partial charge in [-0.1, -0.05) is 18.2 Å². The average Bonchev–Trinajstić information content (AvgIpc) is 2.55. The zero-order valence-corrected chi connectivity index (χ0v) is 14.0. The first-order valence-electron chi connectivity index (χ1n) is 7.16. The highest BCUT2D eigenvalue weighted by Gasteiger charge is 2.18. The highest BCUT2D eigenvalue weighted by molar-refractivity contribution is 8.04. The van der Waals surface area contributed by atoms with Gasteiger partial charge in [0.25, 0.3) is 5.91 Å². The van der Waals surface area contributed by atoms with Crippen molar-refractivity contribution in [3.63, 3.8) is 0 Å². The number of para-hydroxylation sites is 1. The minimum absolute atomic E-state index is 0.0894. The van der Waals surface area contributed by atoms with E-state index in [1.165, 1.54) is 0 Å². The molecule has 1 aromatic rings. The summed E-state index contributed by atoms with van der Waals surface area (Å²) in [6.07, 6.45) is -0.593. The van der Waals surface area contributed by atoms with Gasteiger partial charge in [-0.05, 0) is 19.1 Å². The van der Waals surface area contributed by atoms with Gasteiger partial charge < -0.3 is 20.3 Å². The Morgan fingerprint density at radius 3 is 2.21 bits per heavy atom. The van der Waals surface area contributed by atoms with Crippen LogP contribution in [0.5, 0.6) is 0 Å². The van der Waals surface area contributed by atoms with Crippen LogP contribution in [0.4, 0.5) is 5.69 Å². The van der Waals surface area contributed by atoms with Gasteiger partial charge in [0.05, 0.1) is 19.4 Å². The number of carbonyl (C=O) groups is 3. The fourth-order valence-electron chi connectivity index (χ4n) is 1.65. The second-order valence-electron chi connectivity index (χ2n) is 4.69. The first kappa shape index (κ1) is 19.6. The van der Waals surface area contributed by atoms with Crippen molar-refractivity contribution in [2.24, 2.45) is 0 Å². The molecule has 1 amide bonds. The maximum absolute atomic E-state index is 11.9. The maximum atomic E-state index is 11.9. The lowest BCUT2D eigenvalue weighted by molar-refractivity contribution is -0.143. The molecule has 0 radical (unpaired) electrons. The lowest BCUT2D eigenvalue weighted by Gasteiger charge is -2.17. The molecule has 0 bridgehead atoms. The van der Waals surface area contributed by atoms with Crippen LogP contribution in [0.25, 0.3) is 0 Å². The van der Waals surface area contributed by atoms with Crippen LogP contribution < -0.4 is 5.32 Å². The van der Waals surface area contributed by atoms with E-state index in [-0.39, 0.29) is 18.7 Å². The summed E-state index contributed by atoms with van der Waals surface area (Å²) in [5, 5.41) is 18.6. The van der Waals surface area contributed by atoms with Crippen LogP contribution in [0, 0.1) is 0 Å². The minimum Gasteiger partial charge on any atom is -0.496 e. The standard InChI is InChI=1S/C12H13NO2S.C4H6O4/c1-9-11(16-8-7-15-9)12(14)13-10-5-3-2-4-6-10;5-3(6)1-2-4(7)8/h2-6H,7-8H2,1H3,(H,13,14);1-2H2,(H,5,6)(H,7,8). The Labute approximate surface area is 143 Å². The molecule has 2 rings (SSSR count). The topological polar surface area (TPSA) is 113 Å². The predicted octanol–water partition coefficient (Wildman–Crippen LogP) is 2.56. The van der Waals surface area contributed by atoms with Crippen molar-refractivity contribution >= 4 is 35.3 Å². The Balaban J connectivity index is 0.000000307. The summed E-state index contributed by atoms with van der Waals surface area (Å²) >= 11 is 1.54. The largest absolute Gasteiger partial charge is 0.496 e. The third kappa shape index (κ3) is 7.68. The molecule has 7 nitrogen and oxygen atoms in total. The minimum atomic E-state index is -1.08. The monoisotopic (exact) mass is 353 g/mol. The molecule has 1 aliphatic heterocycles. The van der Waals surface area contributed by atoms with Gasteiger partial charge in [0.2, 0.25) is 0 Å². The van der Waals surface area contributed by atoms with Crippen LogP contribution in [0.1, 0.15) is 19.8 Å². The zero-order chi connectivity index (χ0) is 17.9. The van der Waals surface area contributed by atoms with Crippen molar-refractivity contribution in [3.8, 4) is 0 Å². The molecular weight excluding hydrogens is 334 g/mol. The number of carboxylic acid groups (broad SMARTS) is 2. The Morgan fingerprint density at radius 2 is 1.71 bits per heavy atom. The molecule has 0 unspecified atom stereocenters. The molecule has 0 fully saturated rings. The molecule has 1 aromatic carbocycles. The third-order valence-electron chi connectivity index (χ3n) is 2.76. The summed E-state index contributed by atoms with van der Waals surface area (Å²) in [5.74, 6) is -0.701. The van der Waals surface area contributed by atoms with Crippen molar-refractivity contribution in [2.75, 3.05) is 17.7 Å². The van der Waals surface area contributed by atoms with Crippen molar-refractivity contribution in [1.29, 1.82) is 0 Å². The van der Waals surface area contributed by atoms with E-state index in [0.29, 0.717) is 17.3 Å². The average molecular weight is 353 g/mol. The molecule has 24 heavy (non-hydrogen) atoms. The number of nitrogens with one attached hydrogen (secondary N) is 1. The van der Waals surface area contributed by atoms with Gasteiger partial charge >= 0.3 is 11.9 Å². The lowest BCUT2D eigenvalue weighted by atomic mass is 10.3. The van der Waals surface area contributed by atoms with Crippen LogP contribution in [0.15, 0.2) is 41.0 Å². The maximum Gasteiger partial charge on any atom is 0.303 e. The number of aliphatic carboxylic acids is 2. The van der Waals surface area contributed by atoms with Crippen LogP contribution in [-0.2, 0) is 19.1 Å². The number of rotatable bonds is 5. The van der Waals surface area contributed by atoms with Gasteiger partial charge in [-0.25, -0.2) is 0 Å². The molecular formula is C16H19NO6S. The van der Waals surface area contributed by atoms with Crippen molar-refractivity contribution in [1.82, 2.24) is 0 Å². The Bertz CT molecular complexity index is 600. The zero-order valence-electron chi connectivity index (χ0n) is 13.2. The number of carbonyl (C=O) groups excluding carboxylic acids is 1. The molecule has 130 valence electrons. The van der Waals surface area contributed by atoms with Crippen LogP contribution in [0.3, 0.4) is 0 Å². The number of benzene rings is 1.